The largest absolute Gasteiger partial charge is 0.497 e. The lowest BCUT2D eigenvalue weighted by Gasteiger charge is -2.24. The second-order valence-corrected chi connectivity index (χ2v) is 10.4. The van der Waals surface area contributed by atoms with E-state index in [1.165, 1.54) is 34.2 Å². The lowest BCUT2D eigenvalue weighted by atomic mass is 10.1. The average Bonchev–Trinajstić information content (AvgIpc) is 3.09. The number of rotatable bonds is 6. The lowest BCUT2D eigenvalue weighted by molar-refractivity contribution is 0.0287. The second-order valence-electron chi connectivity index (χ2n) is 7.87. The summed E-state index contributed by atoms with van der Waals surface area (Å²) in [6.45, 7) is 5.84. The topological polar surface area (TPSA) is 51.7 Å². The van der Waals surface area contributed by atoms with Crippen molar-refractivity contribution in [2.45, 2.75) is 42.0 Å². The molecule has 0 unspecified atom stereocenters. The van der Waals surface area contributed by atoms with Gasteiger partial charge in [0.15, 0.2) is 0 Å². The van der Waals surface area contributed by atoms with Crippen molar-refractivity contribution < 1.29 is 18.7 Å². The molecule has 0 aliphatic rings. The van der Waals surface area contributed by atoms with Crippen LogP contribution in [0.3, 0.4) is 0 Å². The van der Waals surface area contributed by atoms with Gasteiger partial charge in [0.2, 0.25) is 5.95 Å². The number of carbonyl (C=O) groups excluding carboxylic acids is 1. The van der Waals surface area contributed by atoms with Gasteiger partial charge in [0.25, 0.3) is 0 Å². The fraction of sp³-hybridized carbons (Fsp3) is 0.304. The van der Waals surface area contributed by atoms with Crippen LogP contribution in [0.4, 0.5) is 9.18 Å². The number of nitrogens with zero attached hydrogens (tertiary/aromatic N) is 2. The van der Waals surface area contributed by atoms with E-state index in [-0.39, 0.29) is 0 Å². The molecule has 0 spiro atoms. The maximum Gasteiger partial charge on any atom is 0.410 e. The van der Waals surface area contributed by atoms with E-state index in [4.69, 9.17) is 9.47 Å². The Balaban J connectivity index is 1.92. The first-order valence-electron chi connectivity index (χ1n) is 9.66. The number of pyridine rings is 1. The number of methoxy groups -OCH3 is 1. The molecule has 0 N–H and O–H groups in total. The predicted molar refractivity (Wildman–Crippen MR) is 122 cm³/mol. The number of hydrogen-bond donors (Lipinski definition) is 0. The fourth-order valence-electron chi connectivity index (χ4n) is 2.76. The van der Waals surface area contributed by atoms with Gasteiger partial charge in [-0.1, -0.05) is 17.8 Å². The fourth-order valence-corrected chi connectivity index (χ4v) is 5.30. The molecule has 3 rings (SSSR count). The number of thiophene rings is 1. The summed E-state index contributed by atoms with van der Waals surface area (Å²) in [7, 11) is 3.31. The predicted octanol–water partition coefficient (Wildman–Crippen LogP) is 6.48. The van der Waals surface area contributed by atoms with E-state index in [2.05, 4.69) is 4.98 Å². The van der Waals surface area contributed by atoms with Gasteiger partial charge >= 0.3 is 6.09 Å². The van der Waals surface area contributed by atoms with Gasteiger partial charge in [0.05, 0.1) is 17.9 Å². The molecular formula is C23H25FN2O3S2. The standard InChI is InChI=1S/C23H25FN2O3S2/c1-23(2,3)29-22(27)26(4)14-17-13-19(18-10-7-11-25-20(18)24)21(31-17)30-16-9-6-8-15(12-16)28-5/h6-13H,14H2,1-5H3. The van der Waals surface area contributed by atoms with Gasteiger partial charge in [-0.15, -0.1) is 11.3 Å². The minimum atomic E-state index is -0.571. The van der Waals surface area contributed by atoms with Crippen LogP contribution in [0.1, 0.15) is 25.6 Å². The summed E-state index contributed by atoms with van der Waals surface area (Å²) >= 11 is 3.04. The summed E-state index contributed by atoms with van der Waals surface area (Å²) in [5, 5.41) is 0. The molecule has 0 saturated heterocycles. The normalized spacial score (nSPS) is 11.3. The molecule has 0 bridgehead atoms. The average molecular weight is 461 g/mol. The number of benzene rings is 1. The van der Waals surface area contributed by atoms with Crippen molar-refractivity contribution in [3.05, 3.63) is 59.5 Å². The van der Waals surface area contributed by atoms with Crippen molar-refractivity contribution in [2.24, 2.45) is 0 Å². The number of halogens is 1. The molecule has 0 aliphatic carbocycles. The SMILES string of the molecule is COc1cccc(Sc2sc(CN(C)C(=O)OC(C)(C)C)cc2-c2cccnc2F)c1. The van der Waals surface area contributed by atoms with Crippen LogP contribution in [0.15, 0.2) is 57.8 Å². The highest BCUT2D eigenvalue weighted by atomic mass is 32.2. The van der Waals surface area contributed by atoms with Crippen LogP contribution in [0, 0.1) is 5.95 Å². The van der Waals surface area contributed by atoms with Gasteiger partial charge in [0.1, 0.15) is 11.4 Å². The van der Waals surface area contributed by atoms with Gasteiger partial charge in [-0.05, 0) is 57.2 Å². The third-order valence-electron chi connectivity index (χ3n) is 4.15. The first-order chi connectivity index (χ1) is 14.7. The second kappa shape index (κ2) is 9.70. The van der Waals surface area contributed by atoms with E-state index in [0.717, 1.165) is 25.3 Å². The van der Waals surface area contributed by atoms with Crippen LogP contribution >= 0.6 is 23.1 Å². The van der Waals surface area contributed by atoms with Crippen molar-refractivity contribution in [2.75, 3.05) is 14.2 Å². The Kier molecular flexibility index (Phi) is 7.23. The Bertz CT molecular complexity index is 1060. The smallest absolute Gasteiger partial charge is 0.410 e. The Hall–Kier alpha value is -2.58. The molecule has 164 valence electrons. The van der Waals surface area contributed by atoms with E-state index in [9.17, 15) is 9.18 Å². The van der Waals surface area contributed by atoms with Gasteiger partial charge in [-0.25, -0.2) is 9.78 Å². The Morgan fingerprint density at radius 1 is 1.19 bits per heavy atom. The molecule has 31 heavy (non-hydrogen) atoms. The molecule has 2 aromatic heterocycles. The third kappa shape index (κ3) is 6.21. The highest BCUT2D eigenvalue weighted by molar-refractivity contribution is 8.01. The summed E-state index contributed by atoms with van der Waals surface area (Å²) in [4.78, 5) is 19.6. The molecule has 3 aromatic rings. The van der Waals surface area contributed by atoms with E-state index >= 15 is 0 Å². The molecule has 0 saturated carbocycles. The van der Waals surface area contributed by atoms with Crippen molar-refractivity contribution >= 4 is 29.2 Å². The zero-order chi connectivity index (χ0) is 22.6. The quantitative estimate of drug-likeness (QED) is 0.394. The minimum absolute atomic E-state index is 0.354. The number of carbonyl (C=O) groups is 1. The van der Waals surface area contributed by atoms with E-state index < -0.39 is 17.6 Å². The number of aromatic nitrogens is 1. The first kappa shape index (κ1) is 23.1. The molecule has 0 radical (unpaired) electrons. The molecule has 0 fully saturated rings. The summed E-state index contributed by atoms with van der Waals surface area (Å²) in [5.41, 5.74) is 0.601. The summed E-state index contributed by atoms with van der Waals surface area (Å²) < 4.78 is 26.1. The molecule has 5 nitrogen and oxygen atoms in total. The van der Waals surface area contributed by atoms with E-state index in [1.807, 2.05) is 51.1 Å². The van der Waals surface area contributed by atoms with Crippen LogP contribution in [0.2, 0.25) is 0 Å². The van der Waals surface area contributed by atoms with Gasteiger partial charge in [0, 0.05) is 34.1 Å². The maximum atomic E-state index is 14.5. The highest BCUT2D eigenvalue weighted by Crippen LogP contribution is 2.43. The Morgan fingerprint density at radius 2 is 1.97 bits per heavy atom. The Labute approximate surface area is 190 Å². The molecule has 0 atom stereocenters. The van der Waals surface area contributed by atoms with Crippen LogP contribution in [0.25, 0.3) is 11.1 Å². The minimum Gasteiger partial charge on any atom is -0.497 e. The number of hydrogen-bond acceptors (Lipinski definition) is 6. The zero-order valence-electron chi connectivity index (χ0n) is 18.1. The molecule has 2 heterocycles. The number of amides is 1. The van der Waals surface area contributed by atoms with Crippen molar-refractivity contribution in [1.29, 1.82) is 0 Å². The van der Waals surface area contributed by atoms with Crippen LogP contribution in [-0.4, -0.2) is 35.7 Å². The monoisotopic (exact) mass is 460 g/mol. The highest BCUT2D eigenvalue weighted by Gasteiger charge is 2.22. The molecule has 8 heteroatoms. The van der Waals surface area contributed by atoms with E-state index in [0.29, 0.717) is 12.1 Å². The van der Waals surface area contributed by atoms with Crippen molar-refractivity contribution in [3.63, 3.8) is 0 Å². The summed E-state index contributed by atoms with van der Waals surface area (Å²) in [5.74, 6) is 0.223. The Morgan fingerprint density at radius 3 is 2.65 bits per heavy atom. The zero-order valence-corrected chi connectivity index (χ0v) is 19.8. The molecular weight excluding hydrogens is 435 g/mol. The summed E-state index contributed by atoms with van der Waals surface area (Å²) in [6, 6.07) is 13.0. The number of ether oxygens (including phenoxy) is 2. The maximum absolute atomic E-state index is 14.5. The van der Waals surface area contributed by atoms with E-state index in [1.54, 1.807) is 26.3 Å². The summed E-state index contributed by atoms with van der Waals surface area (Å²) in [6.07, 6.45) is 1.02. The van der Waals surface area contributed by atoms with Gasteiger partial charge in [-0.2, -0.15) is 4.39 Å². The first-order valence-corrected chi connectivity index (χ1v) is 11.3. The van der Waals surface area contributed by atoms with Crippen LogP contribution in [-0.2, 0) is 11.3 Å². The van der Waals surface area contributed by atoms with Gasteiger partial charge < -0.3 is 14.4 Å². The van der Waals surface area contributed by atoms with Gasteiger partial charge in [-0.3, -0.25) is 0 Å². The molecule has 1 amide bonds. The molecule has 1 aromatic carbocycles. The lowest BCUT2D eigenvalue weighted by Crippen LogP contribution is -2.33. The third-order valence-corrected chi connectivity index (χ3v) is 6.46. The van der Waals surface area contributed by atoms with Crippen molar-refractivity contribution in [1.82, 2.24) is 9.88 Å². The van der Waals surface area contributed by atoms with Crippen molar-refractivity contribution in [3.8, 4) is 16.9 Å². The van der Waals surface area contributed by atoms with Crippen LogP contribution in [0.5, 0.6) is 5.75 Å². The molecule has 0 aliphatic heterocycles. The van der Waals surface area contributed by atoms with Crippen LogP contribution < -0.4 is 4.74 Å².